The van der Waals surface area contributed by atoms with Crippen molar-refractivity contribution < 1.29 is 14.3 Å². The van der Waals surface area contributed by atoms with E-state index in [1.807, 2.05) is 0 Å². The first-order valence-electron chi connectivity index (χ1n) is 11.6. The second-order valence-electron chi connectivity index (χ2n) is 8.77. The van der Waals surface area contributed by atoms with Crippen LogP contribution in [0.4, 0.5) is 0 Å². The SMILES string of the molecule is CC(OC(=O)c1ccc2c(=O)n3c(nc2c1)CCCCCC3)C(=O)NC1CCCCC1. The number of fused-ring (bicyclic) bond motifs is 2. The smallest absolute Gasteiger partial charge is 0.338 e. The van der Waals surface area contributed by atoms with Crippen LogP contribution in [0.2, 0.25) is 0 Å². The Hall–Kier alpha value is -2.70. The van der Waals surface area contributed by atoms with Crippen LogP contribution in [0.1, 0.15) is 80.9 Å². The van der Waals surface area contributed by atoms with Crippen LogP contribution >= 0.6 is 0 Å². The number of benzene rings is 1. The Morgan fingerprint density at radius 1 is 1.10 bits per heavy atom. The molecule has 7 nitrogen and oxygen atoms in total. The van der Waals surface area contributed by atoms with Gasteiger partial charge in [0.05, 0.1) is 16.5 Å². The van der Waals surface area contributed by atoms with E-state index in [1.54, 1.807) is 29.7 Å². The molecule has 7 heteroatoms. The molecule has 1 aliphatic heterocycles. The molecule has 1 fully saturated rings. The average Bonchev–Trinajstić information content (AvgIpc) is 2.75. The van der Waals surface area contributed by atoms with Crippen molar-refractivity contribution in [2.75, 3.05) is 0 Å². The summed E-state index contributed by atoms with van der Waals surface area (Å²) in [7, 11) is 0. The van der Waals surface area contributed by atoms with Crippen LogP contribution in [-0.2, 0) is 22.5 Å². The van der Waals surface area contributed by atoms with Gasteiger partial charge in [-0.3, -0.25) is 14.2 Å². The predicted molar refractivity (Wildman–Crippen MR) is 118 cm³/mol. The van der Waals surface area contributed by atoms with Gasteiger partial charge in [-0.25, -0.2) is 9.78 Å². The van der Waals surface area contributed by atoms with E-state index in [2.05, 4.69) is 10.3 Å². The second-order valence-corrected chi connectivity index (χ2v) is 8.77. The highest BCUT2D eigenvalue weighted by Crippen LogP contribution is 2.19. The maximum absolute atomic E-state index is 12.9. The topological polar surface area (TPSA) is 90.3 Å². The fourth-order valence-corrected chi connectivity index (χ4v) is 4.57. The van der Waals surface area contributed by atoms with Crippen LogP contribution in [0.25, 0.3) is 10.9 Å². The van der Waals surface area contributed by atoms with Gasteiger partial charge in [-0.1, -0.05) is 32.1 Å². The van der Waals surface area contributed by atoms with E-state index in [1.165, 1.54) is 6.42 Å². The first kappa shape index (κ1) is 21.5. The molecule has 0 bridgehead atoms. The van der Waals surface area contributed by atoms with Crippen molar-refractivity contribution in [3.63, 3.8) is 0 Å². The molecule has 2 aliphatic rings. The summed E-state index contributed by atoms with van der Waals surface area (Å²) in [4.78, 5) is 42.7. The van der Waals surface area contributed by atoms with Crippen molar-refractivity contribution in [2.45, 2.75) is 89.8 Å². The number of carbonyl (C=O) groups is 2. The number of aromatic nitrogens is 2. The van der Waals surface area contributed by atoms with Crippen molar-refractivity contribution >= 4 is 22.8 Å². The third kappa shape index (κ3) is 4.97. The average molecular weight is 426 g/mol. The lowest BCUT2D eigenvalue weighted by Crippen LogP contribution is -2.42. The first-order chi connectivity index (χ1) is 15.0. The molecule has 1 atom stereocenters. The van der Waals surface area contributed by atoms with Crippen LogP contribution < -0.4 is 10.9 Å². The minimum absolute atomic E-state index is 0.0537. The monoisotopic (exact) mass is 425 g/mol. The minimum Gasteiger partial charge on any atom is -0.449 e. The standard InChI is InChI=1S/C24H31N3O4/c1-16(22(28)25-18-9-5-4-6-10-18)31-24(30)17-12-13-19-20(15-17)26-21-11-7-2-3-8-14-27(21)23(19)29/h12-13,15-16,18H,2-11,14H2,1H3,(H,25,28). The maximum atomic E-state index is 12.9. The highest BCUT2D eigenvalue weighted by atomic mass is 16.5. The Balaban J connectivity index is 1.49. The number of nitrogens with one attached hydrogen (secondary N) is 1. The Bertz CT molecular complexity index is 1020. The molecule has 0 saturated heterocycles. The fourth-order valence-electron chi connectivity index (χ4n) is 4.57. The summed E-state index contributed by atoms with van der Waals surface area (Å²) in [5.74, 6) is -0.0661. The van der Waals surface area contributed by atoms with Crippen LogP contribution in [0.5, 0.6) is 0 Å². The van der Waals surface area contributed by atoms with Gasteiger partial charge >= 0.3 is 5.97 Å². The number of carbonyl (C=O) groups excluding carboxylic acids is 2. The highest BCUT2D eigenvalue weighted by molar-refractivity contribution is 5.95. The van der Waals surface area contributed by atoms with Gasteiger partial charge < -0.3 is 10.1 Å². The quantitative estimate of drug-likeness (QED) is 0.757. The molecular formula is C24H31N3O4. The molecule has 166 valence electrons. The zero-order valence-electron chi connectivity index (χ0n) is 18.2. The largest absolute Gasteiger partial charge is 0.449 e. The van der Waals surface area contributed by atoms with Crippen LogP contribution in [0, 0.1) is 0 Å². The number of nitrogens with zero attached hydrogens (tertiary/aromatic N) is 2. The van der Waals surface area contributed by atoms with Crippen molar-refractivity contribution in [1.82, 2.24) is 14.9 Å². The van der Waals surface area contributed by atoms with E-state index in [0.29, 0.717) is 23.0 Å². The molecular weight excluding hydrogens is 394 g/mol. The number of aryl methyl sites for hydroxylation is 1. The molecule has 0 radical (unpaired) electrons. The molecule has 1 saturated carbocycles. The highest BCUT2D eigenvalue weighted by Gasteiger charge is 2.23. The summed E-state index contributed by atoms with van der Waals surface area (Å²) in [5.41, 5.74) is 0.750. The zero-order chi connectivity index (χ0) is 21.8. The molecule has 1 N–H and O–H groups in total. The van der Waals surface area contributed by atoms with Gasteiger partial charge in [0, 0.05) is 19.0 Å². The van der Waals surface area contributed by atoms with Gasteiger partial charge in [0.15, 0.2) is 6.10 Å². The van der Waals surface area contributed by atoms with E-state index in [0.717, 1.165) is 63.6 Å². The van der Waals surface area contributed by atoms with E-state index in [-0.39, 0.29) is 17.5 Å². The maximum Gasteiger partial charge on any atom is 0.338 e. The van der Waals surface area contributed by atoms with Gasteiger partial charge in [0.2, 0.25) is 0 Å². The molecule has 2 aromatic rings. The molecule has 1 aliphatic carbocycles. The van der Waals surface area contributed by atoms with Crippen molar-refractivity contribution in [1.29, 1.82) is 0 Å². The van der Waals surface area contributed by atoms with E-state index >= 15 is 0 Å². The summed E-state index contributed by atoms with van der Waals surface area (Å²) >= 11 is 0. The predicted octanol–water partition coefficient (Wildman–Crippen LogP) is 3.51. The first-order valence-corrected chi connectivity index (χ1v) is 11.6. The van der Waals surface area contributed by atoms with Crippen LogP contribution in [-0.4, -0.2) is 33.6 Å². The summed E-state index contributed by atoms with van der Waals surface area (Å²) in [6.07, 6.45) is 9.53. The summed E-state index contributed by atoms with van der Waals surface area (Å²) < 4.78 is 7.18. The lowest BCUT2D eigenvalue weighted by atomic mass is 9.95. The van der Waals surface area contributed by atoms with E-state index in [9.17, 15) is 14.4 Å². The number of hydrogen-bond acceptors (Lipinski definition) is 5. The van der Waals surface area contributed by atoms with Gasteiger partial charge in [-0.2, -0.15) is 0 Å². The Kier molecular flexibility index (Phi) is 6.68. The second kappa shape index (κ2) is 9.62. The summed E-state index contributed by atoms with van der Waals surface area (Å²) in [5, 5.41) is 3.49. The van der Waals surface area contributed by atoms with Crippen LogP contribution in [0.3, 0.4) is 0 Å². The number of ether oxygens (including phenoxy) is 1. The zero-order valence-corrected chi connectivity index (χ0v) is 18.2. The Morgan fingerprint density at radius 3 is 2.65 bits per heavy atom. The number of esters is 1. The molecule has 1 aromatic heterocycles. The molecule has 1 unspecified atom stereocenters. The number of amides is 1. The summed E-state index contributed by atoms with van der Waals surface area (Å²) in [6.45, 7) is 2.28. The molecule has 0 spiro atoms. The van der Waals surface area contributed by atoms with E-state index in [4.69, 9.17) is 4.74 Å². The van der Waals surface area contributed by atoms with Gasteiger partial charge in [0.1, 0.15) is 5.82 Å². The normalized spacial score (nSPS) is 18.5. The fraction of sp³-hybridized carbons (Fsp3) is 0.583. The van der Waals surface area contributed by atoms with Crippen molar-refractivity contribution in [3.8, 4) is 0 Å². The molecule has 31 heavy (non-hydrogen) atoms. The van der Waals surface area contributed by atoms with Crippen LogP contribution in [0.15, 0.2) is 23.0 Å². The van der Waals surface area contributed by atoms with Crippen molar-refractivity contribution in [2.24, 2.45) is 0 Å². The third-order valence-electron chi connectivity index (χ3n) is 6.41. The van der Waals surface area contributed by atoms with Gasteiger partial charge in [0.25, 0.3) is 11.5 Å². The lowest BCUT2D eigenvalue weighted by Gasteiger charge is -2.24. The molecule has 1 aromatic carbocycles. The third-order valence-corrected chi connectivity index (χ3v) is 6.41. The number of rotatable bonds is 4. The number of hydrogen-bond donors (Lipinski definition) is 1. The Labute approximate surface area is 182 Å². The summed E-state index contributed by atoms with van der Waals surface area (Å²) in [6, 6.07) is 4.99. The van der Waals surface area contributed by atoms with E-state index < -0.39 is 12.1 Å². The molecule has 1 amide bonds. The van der Waals surface area contributed by atoms with Gasteiger partial charge in [-0.15, -0.1) is 0 Å². The van der Waals surface area contributed by atoms with Gasteiger partial charge in [-0.05, 0) is 50.8 Å². The lowest BCUT2D eigenvalue weighted by molar-refractivity contribution is -0.130. The minimum atomic E-state index is -0.875. The molecule has 4 rings (SSSR count). The Morgan fingerprint density at radius 2 is 1.84 bits per heavy atom. The van der Waals surface area contributed by atoms with Crippen molar-refractivity contribution in [3.05, 3.63) is 39.9 Å². The molecule has 2 heterocycles.